The number of nitrogens with zero attached hydrogens (tertiary/aromatic N) is 2. The highest BCUT2D eigenvalue weighted by atomic mass is 16.6. The molecule has 1 amide bonds. The lowest BCUT2D eigenvalue weighted by atomic mass is 9.93. The molecule has 0 radical (unpaired) electrons. The summed E-state index contributed by atoms with van der Waals surface area (Å²) >= 11 is 0. The maximum atomic E-state index is 13.4. The van der Waals surface area contributed by atoms with Gasteiger partial charge in [-0.05, 0) is 26.1 Å². The third-order valence-electron chi connectivity index (χ3n) is 8.65. The average molecular weight is 483 g/mol. The highest BCUT2D eigenvalue weighted by Gasteiger charge is 2.53. The molecule has 0 unspecified atom stereocenters. The first-order valence-corrected chi connectivity index (χ1v) is 12.4. The lowest BCUT2D eigenvalue weighted by molar-refractivity contribution is -0.256. The van der Waals surface area contributed by atoms with E-state index in [1.807, 2.05) is 37.4 Å². The van der Waals surface area contributed by atoms with Crippen LogP contribution in [-0.4, -0.2) is 46.5 Å². The van der Waals surface area contributed by atoms with Gasteiger partial charge in [-0.2, -0.15) is 0 Å². The number of carbonyl (C=O) groups is 1. The molecule has 0 spiro atoms. The van der Waals surface area contributed by atoms with E-state index in [-0.39, 0.29) is 24.3 Å². The SMILES string of the molecule is CN[C@H]1C[C@@H]2O[C@](C)([C@H]1OC)n1c3ccccc3c3c4c(c5c6ccccc6n2c5c31)[C@@H](O)NC4=O. The minimum Gasteiger partial charge on any atom is -0.375 e. The summed E-state index contributed by atoms with van der Waals surface area (Å²) in [6.45, 7) is 2.09. The van der Waals surface area contributed by atoms with Gasteiger partial charge < -0.3 is 34.3 Å². The fraction of sp³-hybridized carbons (Fsp3) is 0.321. The van der Waals surface area contributed by atoms with Crippen LogP contribution in [0.15, 0.2) is 48.5 Å². The van der Waals surface area contributed by atoms with Gasteiger partial charge in [-0.25, -0.2) is 0 Å². The van der Waals surface area contributed by atoms with Gasteiger partial charge >= 0.3 is 0 Å². The van der Waals surface area contributed by atoms with Crippen LogP contribution in [0.2, 0.25) is 0 Å². The van der Waals surface area contributed by atoms with Crippen molar-refractivity contribution in [3.63, 3.8) is 0 Å². The lowest BCUT2D eigenvalue weighted by Gasteiger charge is -2.48. The van der Waals surface area contributed by atoms with Gasteiger partial charge in [-0.3, -0.25) is 4.79 Å². The normalized spacial score (nSPS) is 28.9. The molecule has 1 fully saturated rings. The van der Waals surface area contributed by atoms with E-state index in [1.54, 1.807) is 7.11 Å². The second kappa shape index (κ2) is 6.66. The maximum absolute atomic E-state index is 13.4. The number of ether oxygens (including phenoxy) is 2. The molecule has 1 saturated heterocycles. The Labute approximate surface area is 206 Å². The molecule has 3 aromatic carbocycles. The summed E-state index contributed by atoms with van der Waals surface area (Å²) < 4.78 is 17.7. The molecule has 5 aromatic rings. The van der Waals surface area contributed by atoms with Crippen molar-refractivity contribution in [1.29, 1.82) is 0 Å². The molecule has 36 heavy (non-hydrogen) atoms. The predicted octanol–water partition coefficient (Wildman–Crippen LogP) is 3.84. The molecule has 2 aromatic heterocycles. The zero-order valence-electron chi connectivity index (χ0n) is 20.2. The molecule has 2 bridgehead atoms. The zero-order valence-corrected chi connectivity index (χ0v) is 20.2. The number of amides is 1. The molecule has 3 N–H and O–H groups in total. The van der Waals surface area contributed by atoms with E-state index in [2.05, 4.69) is 44.9 Å². The first kappa shape index (κ1) is 20.7. The molecular weight excluding hydrogens is 456 g/mol. The minimum atomic E-state index is -1.07. The van der Waals surface area contributed by atoms with Crippen LogP contribution in [0.3, 0.4) is 0 Å². The number of para-hydroxylation sites is 2. The van der Waals surface area contributed by atoms with Gasteiger partial charge in [-0.15, -0.1) is 0 Å². The minimum absolute atomic E-state index is 0.0289. The van der Waals surface area contributed by atoms with Crippen molar-refractivity contribution in [3.8, 4) is 0 Å². The van der Waals surface area contributed by atoms with E-state index < -0.39 is 12.0 Å². The van der Waals surface area contributed by atoms with Gasteiger partial charge in [0.25, 0.3) is 5.91 Å². The zero-order chi connectivity index (χ0) is 24.5. The number of aliphatic hydroxyl groups excluding tert-OH is 1. The van der Waals surface area contributed by atoms with Gasteiger partial charge in [0.15, 0.2) is 12.0 Å². The molecule has 3 aliphatic heterocycles. The number of carbonyl (C=O) groups excluding carboxylic acids is 1. The quantitative estimate of drug-likeness (QED) is 0.356. The van der Waals surface area contributed by atoms with E-state index in [4.69, 9.17) is 9.47 Å². The summed E-state index contributed by atoms with van der Waals surface area (Å²) in [5, 5.41) is 21.1. The Bertz CT molecular complexity index is 1790. The van der Waals surface area contributed by atoms with Crippen LogP contribution in [0, 0.1) is 0 Å². The number of fused-ring (bicyclic) bond motifs is 13. The second-order valence-corrected chi connectivity index (χ2v) is 10.3. The Morgan fingerprint density at radius 2 is 1.78 bits per heavy atom. The van der Waals surface area contributed by atoms with Gasteiger partial charge in [-0.1, -0.05) is 36.4 Å². The second-order valence-electron chi connectivity index (χ2n) is 10.3. The van der Waals surface area contributed by atoms with Crippen molar-refractivity contribution in [2.75, 3.05) is 14.2 Å². The molecule has 5 atom stereocenters. The number of methoxy groups -OCH3 is 1. The van der Waals surface area contributed by atoms with Gasteiger partial charge in [0.05, 0.1) is 27.6 Å². The van der Waals surface area contributed by atoms with E-state index in [1.165, 1.54) is 0 Å². The predicted molar refractivity (Wildman–Crippen MR) is 137 cm³/mol. The molecular formula is C28H26N4O4. The van der Waals surface area contributed by atoms with Crippen molar-refractivity contribution in [3.05, 3.63) is 59.7 Å². The molecule has 8 heteroatoms. The number of nitrogens with one attached hydrogen (secondary N) is 2. The fourth-order valence-corrected chi connectivity index (χ4v) is 7.38. The van der Waals surface area contributed by atoms with Crippen molar-refractivity contribution < 1.29 is 19.4 Å². The summed E-state index contributed by atoms with van der Waals surface area (Å²) in [5.41, 5.74) is 4.24. The number of hydrogen-bond donors (Lipinski definition) is 3. The summed E-state index contributed by atoms with van der Waals surface area (Å²) in [7, 11) is 3.70. The first-order valence-electron chi connectivity index (χ1n) is 12.4. The molecule has 3 aliphatic rings. The smallest absolute Gasteiger partial charge is 0.254 e. The highest BCUT2D eigenvalue weighted by molar-refractivity contribution is 6.31. The number of aromatic nitrogens is 2. The van der Waals surface area contributed by atoms with Crippen LogP contribution in [0.25, 0.3) is 43.6 Å². The maximum Gasteiger partial charge on any atom is 0.254 e. The number of likely N-dealkylation sites (N-methyl/N-ethyl adjacent to an activating group) is 1. The van der Waals surface area contributed by atoms with Crippen molar-refractivity contribution in [1.82, 2.24) is 19.8 Å². The summed E-state index contributed by atoms with van der Waals surface area (Å²) in [6, 6.07) is 16.4. The summed E-state index contributed by atoms with van der Waals surface area (Å²) in [4.78, 5) is 13.4. The average Bonchev–Trinajstić information content (AvgIpc) is 3.48. The van der Waals surface area contributed by atoms with E-state index in [9.17, 15) is 9.90 Å². The standard InChI is InChI=1S/C28H26N4O4/c1-28-25(35-3)15(29-2)12-18(36-28)31-16-10-6-4-8-13(16)19-21-22(27(34)30-26(21)33)20-14-9-5-7-11-17(14)32(28)24(20)23(19)31/h4-11,15,18,25-26,29,33H,12H2,1-3H3,(H,30,34)/t15-,18-,25-,26+,28+/m0/s1. The van der Waals surface area contributed by atoms with Crippen LogP contribution in [0.4, 0.5) is 0 Å². The number of benzene rings is 3. The third-order valence-corrected chi connectivity index (χ3v) is 8.65. The van der Waals surface area contributed by atoms with Gasteiger partial charge in [0.2, 0.25) is 0 Å². The molecule has 0 aliphatic carbocycles. The van der Waals surface area contributed by atoms with Crippen LogP contribution in [0.5, 0.6) is 0 Å². The molecule has 8 nitrogen and oxygen atoms in total. The summed E-state index contributed by atoms with van der Waals surface area (Å²) in [5.74, 6) is -0.256. The Hall–Kier alpha value is -3.43. The lowest BCUT2D eigenvalue weighted by Crippen LogP contribution is -2.59. The van der Waals surface area contributed by atoms with Crippen molar-refractivity contribution >= 4 is 49.5 Å². The van der Waals surface area contributed by atoms with Gasteiger partial charge in [0.1, 0.15) is 12.3 Å². The van der Waals surface area contributed by atoms with Crippen LogP contribution in [0.1, 0.15) is 41.7 Å². The monoisotopic (exact) mass is 482 g/mol. The van der Waals surface area contributed by atoms with Crippen molar-refractivity contribution in [2.45, 2.75) is 43.7 Å². The van der Waals surface area contributed by atoms with Crippen molar-refractivity contribution in [2.24, 2.45) is 0 Å². The number of hydrogen-bond acceptors (Lipinski definition) is 5. The Morgan fingerprint density at radius 3 is 2.50 bits per heavy atom. The first-order chi connectivity index (χ1) is 17.5. The third kappa shape index (κ3) is 2.15. The highest BCUT2D eigenvalue weighted by Crippen LogP contribution is 2.54. The molecule has 8 rings (SSSR count). The van der Waals surface area contributed by atoms with Crippen LogP contribution < -0.4 is 10.6 Å². The Kier molecular flexibility index (Phi) is 3.83. The largest absolute Gasteiger partial charge is 0.375 e. The Balaban J connectivity index is 1.73. The van der Waals surface area contributed by atoms with Crippen LogP contribution in [-0.2, 0) is 15.2 Å². The van der Waals surface area contributed by atoms with Gasteiger partial charge in [0, 0.05) is 46.7 Å². The van der Waals surface area contributed by atoms with E-state index in [0.717, 1.165) is 43.6 Å². The molecule has 0 saturated carbocycles. The molecule has 5 heterocycles. The summed E-state index contributed by atoms with van der Waals surface area (Å²) in [6.07, 6.45) is -0.923. The van der Waals surface area contributed by atoms with E-state index in [0.29, 0.717) is 17.5 Å². The Morgan fingerprint density at radius 1 is 1.08 bits per heavy atom. The van der Waals surface area contributed by atoms with E-state index >= 15 is 0 Å². The number of aliphatic hydroxyl groups is 1. The fourth-order valence-electron chi connectivity index (χ4n) is 7.38. The number of rotatable bonds is 2. The molecule has 182 valence electrons. The topological polar surface area (TPSA) is 89.7 Å². The van der Waals surface area contributed by atoms with Crippen LogP contribution >= 0.6 is 0 Å².